The fourth-order valence-electron chi connectivity index (χ4n) is 2.63. The van der Waals surface area contributed by atoms with Crippen molar-refractivity contribution in [1.82, 2.24) is 4.98 Å². The summed E-state index contributed by atoms with van der Waals surface area (Å²) in [6, 6.07) is 16.6. The molecular weight excluding hydrogens is 326 g/mol. The molecule has 0 saturated heterocycles. The summed E-state index contributed by atoms with van der Waals surface area (Å²) >= 11 is 0. The number of aromatic nitrogens is 1. The molecule has 0 aliphatic heterocycles. The van der Waals surface area contributed by atoms with Crippen LogP contribution in [0.15, 0.2) is 60.8 Å². The molecule has 2 amide bonds. The third-order valence-corrected chi connectivity index (χ3v) is 4.10. The number of amides is 2. The monoisotopic (exact) mass is 347 g/mol. The number of fused-ring (bicyclic) bond motifs is 1. The molecule has 0 atom stereocenters. The molecule has 2 N–H and O–H groups in total. The average Bonchev–Trinajstić information content (AvgIpc) is 2.61. The molecule has 1 heterocycles. The molecule has 0 aliphatic rings. The number of carbonyl (C=O) groups excluding carboxylic acids is 2. The number of para-hydroxylation sites is 1. The Morgan fingerprint density at radius 1 is 0.846 bits per heavy atom. The van der Waals surface area contributed by atoms with Crippen LogP contribution in [0.5, 0.6) is 0 Å². The van der Waals surface area contributed by atoms with E-state index in [2.05, 4.69) is 36.4 Å². The molecule has 0 fully saturated rings. The van der Waals surface area contributed by atoms with Crippen molar-refractivity contribution < 1.29 is 9.59 Å². The number of nitrogens with one attached hydrogen (secondary N) is 2. The number of hydrogen-bond donors (Lipinski definition) is 2. The molecule has 3 rings (SSSR count). The summed E-state index contributed by atoms with van der Waals surface area (Å²) in [5, 5.41) is 6.14. The van der Waals surface area contributed by atoms with Crippen LogP contribution in [-0.2, 0) is 15.0 Å². The maximum absolute atomic E-state index is 12.2. The first-order valence-corrected chi connectivity index (χ1v) is 8.41. The van der Waals surface area contributed by atoms with Crippen LogP contribution in [-0.4, -0.2) is 16.8 Å². The molecule has 5 nitrogen and oxygen atoms in total. The molecule has 0 aliphatic carbocycles. The Morgan fingerprint density at radius 3 is 2.19 bits per heavy atom. The van der Waals surface area contributed by atoms with Gasteiger partial charge < -0.3 is 10.6 Å². The fraction of sp³-hybridized carbons (Fsp3) is 0.190. The van der Waals surface area contributed by atoms with Gasteiger partial charge in [-0.05, 0) is 35.2 Å². The summed E-state index contributed by atoms with van der Waals surface area (Å²) in [6.07, 6.45) is 1.65. The number of hydrogen-bond acceptors (Lipinski definition) is 3. The first kappa shape index (κ1) is 17.6. The van der Waals surface area contributed by atoms with Gasteiger partial charge >= 0.3 is 11.8 Å². The molecule has 3 aromatic rings. The SMILES string of the molecule is CC(C)(C)c1ccc(NC(=O)C(=O)Nc2cccc3cccnc23)cc1. The molecule has 0 bridgehead atoms. The minimum Gasteiger partial charge on any atom is -0.318 e. The van der Waals surface area contributed by atoms with Crippen molar-refractivity contribution in [2.75, 3.05) is 10.6 Å². The van der Waals surface area contributed by atoms with E-state index in [9.17, 15) is 9.59 Å². The highest BCUT2D eigenvalue weighted by Crippen LogP contribution is 2.24. The van der Waals surface area contributed by atoms with Gasteiger partial charge in [0.15, 0.2) is 0 Å². The maximum atomic E-state index is 12.2. The van der Waals surface area contributed by atoms with Crippen LogP contribution < -0.4 is 10.6 Å². The van der Waals surface area contributed by atoms with Gasteiger partial charge in [-0.15, -0.1) is 0 Å². The van der Waals surface area contributed by atoms with E-state index in [-0.39, 0.29) is 5.41 Å². The average molecular weight is 347 g/mol. The van der Waals surface area contributed by atoms with E-state index >= 15 is 0 Å². The normalized spacial score (nSPS) is 11.2. The number of carbonyl (C=O) groups is 2. The maximum Gasteiger partial charge on any atom is 0.314 e. The fourth-order valence-corrected chi connectivity index (χ4v) is 2.63. The number of benzene rings is 2. The Morgan fingerprint density at radius 2 is 1.50 bits per heavy atom. The number of rotatable bonds is 2. The van der Waals surface area contributed by atoms with Gasteiger partial charge in [-0.3, -0.25) is 14.6 Å². The summed E-state index contributed by atoms with van der Waals surface area (Å²) in [7, 11) is 0. The summed E-state index contributed by atoms with van der Waals surface area (Å²) < 4.78 is 0. The largest absolute Gasteiger partial charge is 0.318 e. The van der Waals surface area contributed by atoms with Crippen molar-refractivity contribution >= 4 is 34.1 Å². The predicted octanol–water partition coefficient (Wildman–Crippen LogP) is 4.11. The highest BCUT2D eigenvalue weighted by atomic mass is 16.2. The summed E-state index contributed by atoms with van der Waals surface area (Å²) in [5.74, 6) is -1.45. The third kappa shape index (κ3) is 3.88. The second-order valence-corrected chi connectivity index (χ2v) is 7.12. The van der Waals surface area contributed by atoms with Crippen molar-refractivity contribution in [3.63, 3.8) is 0 Å². The van der Waals surface area contributed by atoms with Gasteiger partial charge in [0.25, 0.3) is 0 Å². The van der Waals surface area contributed by atoms with Gasteiger partial charge in [0.05, 0.1) is 11.2 Å². The lowest BCUT2D eigenvalue weighted by molar-refractivity contribution is -0.132. The first-order valence-electron chi connectivity index (χ1n) is 8.41. The Hall–Kier alpha value is -3.21. The molecule has 132 valence electrons. The predicted molar refractivity (Wildman–Crippen MR) is 104 cm³/mol. The summed E-state index contributed by atoms with van der Waals surface area (Å²) in [4.78, 5) is 28.7. The van der Waals surface area contributed by atoms with E-state index in [1.165, 1.54) is 0 Å². The van der Waals surface area contributed by atoms with Crippen LogP contribution in [0.4, 0.5) is 11.4 Å². The lowest BCUT2D eigenvalue weighted by Crippen LogP contribution is -2.29. The second kappa shape index (κ2) is 6.96. The van der Waals surface area contributed by atoms with Crippen LogP contribution in [0.3, 0.4) is 0 Å². The lowest BCUT2D eigenvalue weighted by Gasteiger charge is -2.19. The topological polar surface area (TPSA) is 71.1 Å². The van der Waals surface area contributed by atoms with Gasteiger partial charge in [-0.1, -0.05) is 51.1 Å². The highest BCUT2D eigenvalue weighted by Gasteiger charge is 2.17. The van der Waals surface area contributed by atoms with E-state index in [1.807, 2.05) is 36.4 Å². The van der Waals surface area contributed by atoms with Gasteiger partial charge in [-0.25, -0.2) is 0 Å². The zero-order valence-electron chi connectivity index (χ0n) is 15.0. The van der Waals surface area contributed by atoms with Crippen molar-refractivity contribution in [2.45, 2.75) is 26.2 Å². The van der Waals surface area contributed by atoms with E-state index in [4.69, 9.17) is 0 Å². The van der Waals surface area contributed by atoms with E-state index in [0.29, 0.717) is 16.9 Å². The van der Waals surface area contributed by atoms with Crippen molar-refractivity contribution in [3.8, 4) is 0 Å². The molecule has 0 saturated carbocycles. The molecule has 5 heteroatoms. The molecule has 2 aromatic carbocycles. The summed E-state index contributed by atoms with van der Waals surface area (Å²) in [5.41, 5.74) is 2.91. The molecule has 0 unspecified atom stereocenters. The van der Waals surface area contributed by atoms with Crippen molar-refractivity contribution in [2.24, 2.45) is 0 Å². The minimum absolute atomic E-state index is 0.0290. The molecule has 0 spiro atoms. The standard InChI is InChI=1S/C21H21N3O2/c1-21(2,3)15-9-11-16(12-10-15)23-19(25)20(26)24-17-8-4-6-14-7-5-13-22-18(14)17/h4-13H,1-3H3,(H,23,25)(H,24,26). The molecule has 0 radical (unpaired) electrons. The van der Waals surface area contributed by atoms with Crippen LogP contribution in [0.2, 0.25) is 0 Å². The zero-order chi connectivity index (χ0) is 18.7. The van der Waals surface area contributed by atoms with Crippen LogP contribution in [0.25, 0.3) is 10.9 Å². The molecule has 1 aromatic heterocycles. The number of pyridine rings is 1. The quantitative estimate of drug-likeness (QED) is 0.685. The van der Waals surface area contributed by atoms with E-state index < -0.39 is 11.8 Å². The van der Waals surface area contributed by atoms with Gasteiger partial charge in [0.2, 0.25) is 0 Å². The van der Waals surface area contributed by atoms with Gasteiger partial charge in [-0.2, -0.15) is 0 Å². The Balaban J connectivity index is 1.71. The summed E-state index contributed by atoms with van der Waals surface area (Å²) in [6.45, 7) is 6.35. The van der Waals surface area contributed by atoms with E-state index in [1.54, 1.807) is 24.4 Å². The van der Waals surface area contributed by atoms with Crippen LogP contribution in [0, 0.1) is 0 Å². The third-order valence-electron chi connectivity index (χ3n) is 4.10. The van der Waals surface area contributed by atoms with Crippen LogP contribution in [0.1, 0.15) is 26.3 Å². The Labute approximate surface area is 152 Å². The minimum atomic E-state index is -0.733. The second-order valence-electron chi connectivity index (χ2n) is 7.12. The van der Waals surface area contributed by atoms with Gasteiger partial charge in [0.1, 0.15) is 0 Å². The number of anilines is 2. The first-order chi connectivity index (χ1) is 12.3. The molecular formula is C21H21N3O2. The smallest absolute Gasteiger partial charge is 0.314 e. The van der Waals surface area contributed by atoms with Crippen molar-refractivity contribution in [3.05, 3.63) is 66.4 Å². The highest BCUT2D eigenvalue weighted by molar-refractivity contribution is 6.44. The zero-order valence-corrected chi connectivity index (χ0v) is 15.0. The van der Waals surface area contributed by atoms with Crippen LogP contribution >= 0.6 is 0 Å². The van der Waals surface area contributed by atoms with E-state index in [0.717, 1.165) is 10.9 Å². The Kier molecular flexibility index (Phi) is 4.71. The number of nitrogens with zero attached hydrogens (tertiary/aromatic N) is 1. The van der Waals surface area contributed by atoms with Gasteiger partial charge in [0, 0.05) is 17.3 Å². The lowest BCUT2D eigenvalue weighted by atomic mass is 9.87. The molecule has 26 heavy (non-hydrogen) atoms. The Bertz CT molecular complexity index is 952. The van der Waals surface area contributed by atoms with Crippen molar-refractivity contribution in [1.29, 1.82) is 0 Å².